The molecular weight excluding hydrogens is 322 g/mol. The average Bonchev–Trinajstić information content (AvgIpc) is 2.65. The summed E-state index contributed by atoms with van der Waals surface area (Å²) in [5.74, 6) is -0.370. The number of amides is 1. The molecule has 0 saturated carbocycles. The number of primary amides is 1. The summed E-state index contributed by atoms with van der Waals surface area (Å²) in [5, 5.41) is 0.781. The summed E-state index contributed by atoms with van der Waals surface area (Å²) in [6.07, 6.45) is 3.71. The predicted octanol–water partition coefficient (Wildman–Crippen LogP) is 4.77. The maximum atomic E-state index is 12.0. The van der Waals surface area contributed by atoms with Gasteiger partial charge in [0.25, 0.3) is 0 Å². The van der Waals surface area contributed by atoms with Crippen molar-refractivity contribution in [3.05, 3.63) is 77.9 Å². The van der Waals surface area contributed by atoms with Crippen LogP contribution in [0, 0.1) is 6.92 Å². The fourth-order valence-electron chi connectivity index (χ4n) is 3.21. The minimum atomic E-state index is -0.440. The fourth-order valence-corrected chi connectivity index (χ4v) is 3.21. The van der Waals surface area contributed by atoms with Crippen molar-refractivity contribution in [1.29, 1.82) is 0 Å². The standard InChI is InChI=1S/C22H21N3O.2H2/c1-4-15(13-24-3)16-9-11-17(12-10-16)21-14(2)20(22(23)26)18-7-5-6-8-19(18)25-21;;/h4-13,15H,1H2,2-3H3,(H2,23,26);2*1H. The van der Waals surface area contributed by atoms with Crippen molar-refractivity contribution in [2.45, 2.75) is 12.8 Å². The van der Waals surface area contributed by atoms with E-state index < -0.39 is 5.91 Å². The number of aliphatic imine (C=N–C) groups is 1. The molecule has 4 nitrogen and oxygen atoms in total. The Morgan fingerprint density at radius 3 is 2.54 bits per heavy atom. The molecule has 0 bridgehead atoms. The van der Waals surface area contributed by atoms with Gasteiger partial charge in [0.2, 0.25) is 5.91 Å². The lowest BCUT2D eigenvalue weighted by atomic mass is 9.94. The molecule has 26 heavy (non-hydrogen) atoms. The van der Waals surface area contributed by atoms with E-state index in [1.165, 1.54) is 0 Å². The molecule has 2 N–H and O–H groups in total. The Morgan fingerprint density at radius 1 is 1.23 bits per heavy atom. The Hall–Kier alpha value is -3.27. The SMILES string of the molecule is C=CC(C=NC)c1ccc(-c2nc3ccccc3c(C(N)=O)c2C)cc1.[HH].[HH]. The van der Waals surface area contributed by atoms with Crippen LogP contribution in [0.3, 0.4) is 0 Å². The second-order valence-corrected chi connectivity index (χ2v) is 6.13. The molecule has 0 aliphatic carbocycles. The zero-order chi connectivity index (χ0) is 18.7. The summed E-state index contributed by atoms with van der Waals surface area (Å²) < 4.78 is 0. The van der Waals surface area contributed by atoms with Crippen LogP contribution in [0.15, 0.2) is 66.2 Å². The summed E-state index contributed by atoms with van der Waals surface area (Å²) in [5.41, 5.74) is 10.5. The molecule has 0 radical (unpaired) electrons. The van der Waals surface area contributed by atoms with E-state index in [1.54, 1.807) is 7.05 Å². The third-order valence-corrected chi connectivity index (χ3v) is 4.51. The van der Waals surface area contributed by atoms with Gasteiger partial charge in [0.15, 0.2) is 0 Å². The van der Waals surface area contributed by atoms with Gasteiger partial charge in [-0.05, 0) is 24.1 Å². The number of para-hydroxylation sites is 1. The summed E-state index contributed by atoms with van der Waals surface area (Å²) in [6, 6.07) is 15.6. The third-order valence-electron chi connectivity index (χ3n) is 4.51. The molecule has 0 aliphatic heterocycles. The van der Waals surface area contributed by atoms with Gasteiger partial charge in [-0.15, -0.1) is 6.58 Å². The van der Waals surface area contributed by atoms with Gasteiger partial charge in [0.05, 0.1) is 16.8 Å². The molecular formula is C22H25N3O. The Morgan fingerprint density at radius 2 is 1.92 bits per heavy atom. The van der Waals surface area contributed by atoms with Crippen LogP contribution in [0.1, 0.15) is 30.3 Å². The topological polar surface area (TPSA) is 68.3 Å². The van der Waals surface area contributed by atoms with Crippen LogP contribution in [-0.4, -0.2) is 24.2 Å². The quantitative estimate of drug-likeness (QED) is 0.533. The van der Waals surface area contributed by atoms with Gasteiger partial charge < -0.3 is 5.73 Å². The molecule has 0 fully saturated rings. The van der Waals surface area contributed by atoms with Gasteiger partial charge >= 0.3 is 0 Å². The van der Waals surface area contributed by atoms with Crippen molar-refractivity contribution in [2.24, 2.45) is 10.7 Å². The van der Waals surface area contributed by atoms with Gasteiger partial charge in [-0.1, -0.05) is 48.5 Å². The highest BCUT2D eigenvalue weighted by atomic mass is 16.1. The third kappa shape index (κ3) is 3.14. The van der Waals surface area contributed by atoms with Crippen molar-refractivity contribution < 1.29 is 7.65 Å². The first kappa shape index (κ1) is 17.5. The van der Waals surface area contributed by atoms with Crippen LogP contribution in [-0.2, 0) is 0 Å². The number of nitrogens with two attached hydrogens (primary N) is 1. The van der Waals surface area contributed by atoms with E-state index in [2.05, 4.69) is 11.6 Å². The van der Waals surface area contributed by atoms with Gasteiger partial charge in [-0.25, -0.2) is 4.98 Å². The highest BCUT2D eigenvalue weighted by molar-refractivity contribution is 6.08. The summed E-state index contributed by atoms with van der Waals surface area (Å²) >= 11 is 0. The maximum absolute atomic E-state index is 12.0. The van der Waals surface area contributed by atoms with E-state index in [4.69, 9.17) is 10.7 Å². The fraction of sp³-hybridized carbons (Fsp3) is 0.136. The van der Waals surface area contributed by atoms with Crippen LogP contribution >= 0.6 is 0 Å². The molecule has 0 aliphatic rings. The number of rotatable bonds is 5. The molecule has 0 spiro atoms. The van der Waals surface area contributed by atoms with E-state index in [9.17, 15) is 4.79 Å². The van der Waals surface area contributed by atoms with E-state index in [1.807, 2.05) is 67.7 Å². The van der Waals surface area contributed by atoms with Crippen molar-refractivity contribution in [1.82, 2.24) is 4.98 Å². The first-order valence-corrected chi connectivity index (χ1v) is 8.41. The number of aromatic nitrogens is 1. The molecule has 1 aromatic heterocycles. The summed E-state index contributed by atoms with van der Waals surface area (Å²) in [6.45, 7) is 5.75. The van der Waals surface area contributed by atoms with E-state index in [-0.39, 0.29) is 8.77 Å². The Kier molecular flexibility index (Phi) is 4.94. The van der Waals surface area contributed by atoms with Crippen molar-refractivity contribution in [3.63, 3.8) is 0 Å². The summed E-state index contributed by atoms with van der Waals surface area (Å²) in [4.78, 5) is 20.9. The smallest absolute Gasteiger partial charge is 0.249 e. The van der Waals surface area contributed by atoms with Crippen LogP contribution in [0.4, 0.5) is 0 Å². The summed E-state index contributed by atoms with van der Waals surface area (Å²) in [7, 11) is 1.75. The van der Waals surface area contributed by atoms with E-state index in [0.29, 0.717) is 5.56 Å². The minimum absolute atomic E-state index is 0. The van der Waals surface area contributed by atoms with Crippen molar-refractivity contribution in [2.75, 3.05) is 7.05 Å². The number of hydrogen-bond acceptors (Lipinski definition) is 3. The molecule has 2 aromatic carbocycles. The van der Waals surface area contributed by atoms with E-state index >= 15 is 0 Å². The number of benzene rings is 2. The van der Waals surface area contributed by atoms with Crippen LogP contribution < -0.4 is 5.73 Å². The molecule has 1 heterocycles. The number of allylic oxidation sites excluding steroid dienone is 1. The Bertz CT molecular complexity index is 1010. The molecule has 0 saturated heterocycles. The van der Waals surface area contributed by atoms with Crippen LogP contribution in [0.25, 0.3) is 22.2 Å². The Balaban J connectivity index is 0.00000196. The molecule has 134 valence electrons. The molecule has 1 unspecified atom stereocenters. The lowest BCUT2D eigenvalue weighted by Crippen LogP contribution is -2.14. The van der Waals surface area contributed by atoms with Gasteiger partial charge in [0.1, 0.15) is 0 Å². The van der Waals surface area contributed by atoms with Crippen molar-refractivity contribution >= 4 is 23.0 Å². The van der Waals surface area contributed by atoms with Crippen molar-refractivity contribution in [3.8, 4) is 11.3 Å². The largest absolute Gasteiger partial charge is 0.366 e. The van der Waals surface area contributed by atoms with Gasteiger partial charge in [-0.3, -0.25) is 9.79 Å². The van der Waals surface area contributed by atoms with Gasteiger partial charge in [-0.2, -0.15) is 0 Å². The maximum Gasteiger partial charge on any atom is 0.249 e. The molecule has 3 rings (SSSR count). The predicted molar refractivity (Wildman–Crippen MR) is 112 cm³/mol. The molecule has 4 heteroatoms. The zero-order valence-electron chi connectivity index (χ0n) is 14.9. The number of fused-ring (bicyclic) bond motifs is 1. The monoisotopic (exact) mass is 347 g/mol. The highest BCUT2D eigenvalue weighted by Crippen LogP contribution is 2.30. The lowest BCUT2D eigenvalue weighted by Gasteiger charge is -2.13. The highest BCUT2D eigenvalue weighted by Gasteiger charge is 2.17. The second kappa shape index (κ2) is 7.31. The number of pyridine rings is 1. The Labute approximate surface area is 156 Å². The minimum Gasteiger partial charge on any atom is -0.366 e. The first-order chi connectivity index (χ1) is 12.6. The lowest BCUT2D eigenvalue weighted by molar-refractivity contribution is 0.100. The second-order valence-electron chi connectivity index (χ2n) is 6.13. The number of carbonyl (C=O) groups excluding carboxylic acids is 1. The average molecular weight is 347 g/mol. The number of hydrogen-bond donors (Lipinski definition) is 1. The van der Waals surface area contributed by atoms with Gasteiger partial charge in [0, 0.05) is 33.0 Å². The van der Waals surface area contributed by atoms with Crippen LogP contribution in [0.2, 0.25) is 0 Å². The molecule has 1 atom stereocenters. The number of nitrogens with zero attached hydrogens (tertiary/aromatic N) is 2. The number of carbonyl (C=O) groups is 1. The molecule has 1 amide bonds. The normalized spacial score (nSPS) is 12.4. The first-order valence-electron chi connectivity index (χ1n) is 8.41. The van der Waals surface area contributed by atoms with E-state index in [0.717, 1.165) is 33.3 Å². The zero-order valence-corrected chi connectivity index (χ0v) is 14.9. The van der Waals surface area contributed by atoms with Crippen LogP contribution in [0.5, 0.6) is 0 Å². The molecule has 3 aromatic rings.